The molecule has 0 aromatic heterocycles. The molecule has 2 aliphatic rings. The van der Waals surface area contributed by atoms with Crippen molar-refractivity contribution in [3.05, 3.63) is 150 Å². The molecule has 0 N–H and O–H groups in total. The monoisotopic (exact) mass is 561 g/mol. The van der Waals surface area contributed by atoms with Crippen molar-refractivity contribution >= 4 is 17.1 Å². The van der Waals surface area contributed by atoms with Crippen LogP contribution in [-0.2, 0) is 5.41 Å². The van der Waals surface area contributed by atoms with Gasteiger partial charge in [-0.3, -0.25) is 0 Å². The second-order valence-electron chi connectivity index (χ2n) is 11.5. The number of para-hydroxylation sites is 3. The number of benzene rings is 6. The van der Waals surface area contributed by atoms with Gasteiger partial charge in [-0.1, -0.05) is 86.6 Å². The average Bonchev–Trinajstić information content (AvgIpc) is 3.27. The Labute approximate surface area is 250 Å². The van der Waals surface area contributed by atoms with Gasteiger partial charge in [0.05, 0.1) is 5.69 Å². The van der Waals surface area contributed by atoms with Crippen molar-refractivity contribution in [2.24, 2.45) is 0 Å². The lowest BCUT2D eigenvalue weighted by Crippen LogP contribution is -2.17. The van der Waals surface area contributed by atoms with Crippen LogP contribution in [0, 0.1) is 5.82 Å². The van der Waals surface area contributed by atoms with E-state index in [9.17, 15) is 4.39 Å². The Kier molecular flexibility index (Phi) is 5.66. The standard InChI is InChI=1S/C39H28FNO2/c1-39(2)32-9-4-3-8-30(32)31-23-22-29(24-33(31)39)41(28-20-16-26(17-21-28)25-14-18-27(40)19-15-25)34-10-7-13-37-38(34)43-36-12-6-5-11-35(36)42-37/h3-24H,1-2H3. The van der Waals surface area contributed by atoms with Gasteiger partial charge in [-0.05, 0) is 94.0 Å². The SMILES string of the molecule is CC1(C)c2ccccc2-c2ccc(N(c3ccc(-c4ccc(F)cc4)cc3)c3cccc4c3Oc3ccccc3O4)cc21. The molecule has 1 aliphatic heterocycles. The Morgan fingerprint density at radius 1 is 0.535 bits per heavy atom. The van der Waals surface area contributed by atoms with E-state index < -0.39 is 0 Å². The smallest absolute Gasteiger partial charge is 0.194 e. The first-order chi connectivity index (χ1) is 21.0. The number of halogens is 1. The molecule has 43 heavy (non-hydrogen) atoms. The van der Waals surface area contributed by atoms with Crippen LogP contribution >= 0.6 is 0 Å². The van der Waals surface area contributed by atoms with Crippen LogP contribution in [0.2, 0.25) is 0 Å². The summed E-state index contributed by atoms with van der Waals surface area (Å²) in [5, 5.41) is 0. The van der Waals surface area contributed by atoms with Crippen LogP contribution in [0.15, 0.2) is 133 Å². The Morgan fingerprint density at radius 2 is 1.14 bits per heavy atom. The van der Waals surface area contributed by atoms with Gasteiger partial charge in [0.1, 0.15) is 5.82 Å². The molecule has 0 radical (unpaired) electrons. The van der Waals surface area contributed by atoms with Gasteiger partial charge < -0.3 is 14.4 Å². The third kappa shape index (κ3) is 4.10. The summed E-state index contributed by atoms with van der Waals surface area (Å²) in [6, 6.07) is 44.1. The first kappa shape index (κ1) is 25.4. The topological polar surface area (TPSA) is 21.7 Å². The zero-order valence-electron chi connectivity index (χ0n) is 23.8. The van der Waals surface area contributed by atoms with E-state index >= 15 is 0 Å². The van der Waals surface area contributed by atoms with Crippen LogP contribution in [0.4, 0.5) is 21.5 Å². The minimum absolute atomic E-state index is 0.144. The van der Waals surface area contributed by atoms with E-state index in [2.05, 4.69) is 91.5 Å². The molecule has 0 spiro atoms. The van der Waals surface area contributed by atoms with E-state index in [-0.39, 0.29) is 11.2 Å². The molecule has 0 fully saturated rings. The van der Waals surface area contributed by atoms with E-state index in [0.29, 0.717) is 23.0 Å². The summed E-state index contributed by atoms with van der Waals surface area (Å²) in [6.07, 6.45) is 0. The normalized spacial score (nSPS) is 13.6. The summed E-state index contributed by atoms with van der Waals surface area (Å²) in [5.74, 6) is 2.45. The third-order valence-corrected chi connectivity index (χ3v) is 8.61. The van der Waals surface area contributed by atoms with Crippen LogP contribution in [0.1, 0.15) is 25.0 Å². The molecule has 0 amide bonds. The number of nitrogens with zero attached hydrogens (tertiary/aromatic N) is 1. The van der Waals surface area contributed by atoms with Gasteiger partial charge in [-0.2, -0.15) is 0 Å². The number of hydrogen-bond acceptors (Lipinski definition) is 3. The maximum Gasteiger partial charge on any atom is 0.194 e. The van der Waals surface area contributed by atoms with Crippen LogP contribution in [0.25, 0.3) is 22.3 Å². The highest BCUT2D eigenvalue weighted by molar-refractivity contribution is 5.88. The predicted molar refractivity (Wildman–Crippen MR) is 171 cm³/mol. The number of hydrogen-bond donors (Lipinski definition) is 0. The van der Waals surface area contributed by atoms with Crippen molar-refractivity contribution in [1.29, 1.82) is 0 Å². The van der Waals surface area contributed by atoms with Crippen molar-refractivity contribution in [2.45, 2.75) is 19.3 Å². The highest BCUT2D eigenvalue weighted by Gasteiger charge is 2.36. The molecule has 6 aromatic rings. The van der Waals surface area contributed by atoms with Crippen molar-refractivity contribution in [1.82, 2.24) is 0 Å². The fourth-order valence-corrected chi connectivity index (χ4v) is 6.41. The molecular weight excluding hydrogens is 533 g/mol. The Balaban J connectivity index is 1.29. The summed E-state index contributed by atoms with van der Waals surface area (Å²) in [7, 11) is 0. The van der Waals surface area contributed by atoms with Crippen molar-refractivity contribution in [3.8, 4) is 45.3 Å². The number of anilines is 3. The fraction of sp³-hybridized carbons (Fsp3) is 0.0769. The Bertz CT molecular complexity index is 2010. The molecule has 0 unspecified atom stereocenters. The zero-order valence-corrected chi connectivity index (χ0v) is 23.8. The molecule has 8 rings (SSSR count). The van der Waals surface area contributed by atoms with Gasteiger partial charge >= 0.3 is 0 Å². The molecule has 208 valence electrons. The molecule has 6 aromatic carbocycles. The van der Waals surface area contributed by atoms with Crippen molar-refractivity contribution < 1.29 is 13.9 Å². The van der Waals surface area contributed by atoms with E-state index in [1.807, 2.05) is 36.4 Å². The fourth-order valence-electron chi connectivity index (χ4n) is 6.41. The summed E-state index contributed by atoms with van der Waals surface area (Å²) < 4.78 is 26.4. The van der Waals surface area contributed by atoms with Gasteiger partial charge in [0.15, 0.2) is 23.0 Å². The lowest BCUT2D eigenvalue weighted by atomic mass is 9.82. The Morgan fingerprint density at radius 3 is 1.91 bits per heavy atom. The minimum atomic E-state index is -0.245. The summed E-state index contributed by atoms with van der Waals surface area (Å²) in [5.41, 5.74) is 9.85. The van der Waals surface area contributed by atoms with Gasteiger partial charge in [-0.15, -0.1) is 0 Å². The van der Waals surface area contributed by atoms with Crippen LogP contribution in [-0.4, -0.2) is 0 Å². The average molecular weight is 562 g/mol. The summed E-state index contributed by atoms with van der Waals surface area (Å²) in [6.45, 7) is 4.59. The summed E-state index contributed by atoms with van der Waals surface area (Å²) >= 11 is 0. The minimum Gasteiger partial charge on any atom is -0.449 e. The maximum absolute atomic E-state index is 13.6. The first-order valence-electron chi connectivity index (χ1n) is 14.5. The number of rotatable bonds is 4. The molecule has 0 saturated heterocycles. The molecule has 1 heterocycles. The molecular formula is C39H28FNO2. The largest absolute Gasteiger partial charge is 0.449 e. The van der Waals surface area contributed by atoms with E-state index in [0.717, 1.165) is 28.2 Å². The second kappa shape index (κ2) is 9.60. The van der Waals surface area contributed by atoms with Crippen molar-refractivity contribution in [3.63, 3.8) is 0 Å². The van der Waals surface area contributed by atoms with E-state index in [1.165, 1.54) is 34.4 Å². The highest BCUT2D eigenvalue weighted by atomic mass is 19.1. The first-order valence-corrected chi connectivity index (χ1v) is 14.5. The number of ether oxygens (including phenoxy) is 2. The lowest BCUT2D eigenvalue weighted by Gasteiger charge is -2.31. The predicted octanol–water partition coefficient (Wildman–Crippen LogP) is 11.2. The number of fused-ring (bicyclic) bond motifs is 5. The van der Waals surface area contributed by atoms with Gasteiger partial charge in [0.25, 0.3) is 0 Å². The summed E-state index contributed by atoms with van der Waals surface area (Å²) in [4.78, 5) is 2.23. The molecule has 0 saturated carbocycles. The zero-order chi connectivity index (χ0) is 29.1. The quantitative estimate of drug-likeness (QED) is 0.213. The molecule has 0 atom stereocenters. The third-order valence-electron chi connectivity index (χ3n) is 8.61. The van der Waals surface area contributed by atoms with Crippen LogP contribution in [0.3, 0.4) is 0 Å². The molecule has 0 bridgehead atoms. The van der Waals surface area contributed by atoms with E-state index in [1.54, 1.807) is 12.1 Å². The highest BCUT2D eigenvalue weighted by Crippen LogP contribution is 2.54. The van der Waals surface area contributed by atoms with E-state index in [4.69, 9.17) is 9.47 Å². The van der Waals surface area contributed by atoms with Crippen molar-refractivity contribution in [2.75, 3.05) is 4.90 Å². The lowest BCUT2D eigenvalue weighted by molar-refractivity contribution is 0.360. The van der Waals surface area contributed by atoms with Gasteiger partial charge in [0, 0.05) is 16.8 Å². The molecule has 3 nitrogen and oxygen atoms in total. The second-order valence-corrected chi connectivity index (χ2v) is 11.5. The Hall–Kier alpha value is -5.35. The maximum atomic E-state index is 13.6. The van der Waals surface area contributed by atoms with Gasteiger partial charge in [-0.25, -0.2) is 4.39 Å². The van der Waals surface area contributed by atoms with Crippen LogP contribution in [0.5, 0.6) is 23.0 Å². The van der Waals surface area contributed by atoms with Crippen LogP contribution < -0.4 is 14.4 Å². The molecule has 4 heteroatoms. The van der Waals surface area contributed by atoms with Gasteiger partial charge in [0.2, 0.25) is 0 Å². The molecule has 1 aliphatic carbocycles.